The standard InChI is InChI=1S/C54H36N4.C35H20F9N3O3S.C29H28BNO2/c1-5-14-37(15-6-1)47-35-50(41-16-7-2-8-17-41)55-51(36-47)42-29-26-40(27-30-42)48-23-13-22-39-28-33-46(34-49(39)48)38-24-31-45(32-25-38)54-57-52(43-18-9-3-10-19-43)56-53(58-54)44-20-11-4-12-21-44;36-32(37,34(40,41)42)33(38,39)35(43,44)51(48,49)50-28-13-7-12-22-16-19-26(20-27(22)28)21-14-17-25(18-15-21)31-46-29(23-8-3-1-4-9-23)45-30(47-31)24-10-5-2-6-11-24;1-28(2)29(3,4)33-30(32-28)25-17-15-23(16-18-25)27-20-24(21-11-7-5-8-12-21)19-26(31-27)22-13-9-6-10-14-22/h1-36H;1-20H;5-20H,1-4H3. The Bertz CT molecular complexity index is 7810. The Morgan fingerprint density at radius 2 is 0.507 bits per heavy atom. The normalized spacial score (nSPS) is 13.1. The van der Waals surface area contributed by atoms with Crippen molar-refractivity contribution in [3.05, 3.63) is 437 Å². The minimum atomic E-state index is -7.43. The summed E-state index contributed by atoms with van der Waals surface area (Å²) in [4.78, 5) is 38.8. The fourth-order valence-corrected chi connectivity index (χ4v) is 17.4. The van der Waals surface area contributed by atoms with Crippen LogP contribution in [0.1, 0.15) is 27.7 Å². The number of alkyl halides is 9. The van der Waals surface area contributed by atoms with Crippen molar-refractivity contribution >= 4 is 44.2 Å². The summed E-state index contributed by atoms with van der Waals surface area (Å²) in [7, 11) is -7.52. The molecule has 0 bridgehead atoms. The van der Waals surface area contributed by atoms with Crippen LogP contribution in [0, 0.1) is 0 Å². The summed E-state index contributed by atoms with van der Waals surface area (Å²) in [5.41, 5.74) is 23.3. The molecule has 0 N–H and O–H groups in total. The molecule has 16 aromatic carbocycles. The van der Waals surface area contributed by atoms with Crippen LogP contribution in [-0.2, 0) is 19.4 Å². The maximum Gasteiger partial charge on any atom is 0.494 e. The molecule has 20 aromatic rings. The molecule has 1 saturated heterocycles. The van der Waals surface area contributed by atoms with Gasteiger partial charge in [0.05, 0.1) is 34.0 Å². The average molecular weight is 1910 g/mol. The Labute approximate surface area is 814 Å². The zero-order chi connectivity index (χ0) is 98.6. The molecule has 698 valence electrons. The lowest BCUT2D eigenvalue weighted by Gasteiger charge is -2.32. The van der Waals surface area contributed by atoms with Gasteiger partial charge in [0, 0.05) is 61.0 Å². The quantitative estimate of drug-likeness (QED) is 0.0379. The van der Waals surface area contributed by atoms with Crippen molar-refractivity contribution < 1.29 is 61.4 Å². The Hall–Kier alpha value is -16.5. The molecule has 0 radical (unpaired) electrons. The van der Waals surface area contributed by atoms with Gasteiger partial charge in [-0.05, 0) is 147 Å². The molecule has 0 aliphatic carbocycles. The molecule has 24 heteroatoms. The van der Waals surface area contributed by atoms with Gasteiger partial charge in [-0.15, -0.1) is 0 Å². The number of hydrogen-bond acceptors (Lipinski definition) is 13. The van der Waals surface area contributed by atoms with Crippen molar-refractivity contribution in [1.29, 1.82) is 0 Å². The van der Waals surface area contributed by atoms with Crippen LogP contribution in [0.2, 0.25) is 0 Å². The van der Waals surface area contributed by atoms with E-state index in [0.29, 0.717) is 51.6 Å². The highest BCUT2D eigenvalue weighted by molar-refractivity contribution is 7.88. The van der Waals surface area contributed by atoms with Crippen LogP contribution in [0.15, 0.2) is 437 Å². The van der Waals surface area contributed by atoms with Gasteiger partial charge in [-0.3, -0.25) is 0 Å². The molecule has 0 unspecified atom stereocenters. The predicted octanol–water partition coefficient (Wildman–Crippen LogP) is 30.0. The highest BCUT2D eigenvalue weighted by atomic mass is 32.2. The van der Waals surface area contributed by atoms with E-state index in [1.165, 1.54) is 45.7 Å². The Kier molecular flexibility index (Phi) is 26.2. The summed E-state index contributed by atoms with van der Waals surface area (Å²) in [6.45, 7) is 8.30. The van der Waals surface area contributed by atoms with E-state index in [9.17, 15) is 47.9 Å². The molecular formula is C118H84BF9N8O5S. The number of hydrogen-bond donors (Lipinski definition) is 0. The first-order chi connectivity index (χ1) is 68.5. The second-order valence-electron chi connectivity index (χ2n) is 34.9. The minimum Gasteiger partial charge on any atom is -0.399 e. The first kappa shape index (κ1) is 94.4. The molecule has 1 fully saturated rings. The first-order valence-electron chi connectivity index (χ1n) is 45.4. The molecule has 142 heavy (non-hydrogen) atoms. The molecule has 0 spiro atoms. The lowest BCUT2D eigenvalue weighted by Crippen LogP contribution is -2.63. The maximum atomic E-state index is 14.4. The van der Waals surface area contributed by atoms with Crippen molar-refractivity contribution in [3.8, 4) is 175 Å². The second kappa shape index (κ2) is 39.4. The number of fused-ring (bicyclic) bond motifs is 2. The van der Waals surface area contributed by atoms with E-state index < -0.39 is 39.1 Å². The van der Waals surface area contributed by atoms with Gasteiger partial charge in [0.15, 0.2) is 40.7 Å². The number of aromatic nitrogens is 8. The van der Waals surface area contributed by atoms with E-state index in [2.05, 4.69) is 271 Å². The topological polar surface area (TPSA) is 165 Å². The summed E-state index contributed by atoms with van der Waals surface area (Å²) in [5.74, 6) is -12.8. The minimum absolute atomic E-state index is 0.130. The zero-order valence-corrected chi connectivity index (χ0v) is 77.4. The monoisotopic (exact) mass is 1910 g/mol. The molecule has 4 aromatic heterocycles. The van der Waals surface area contributed by atoms with Crippen molar-refractivity contribution in [1.82, 2.24) is 39.9 Å². The van der Waals surface area contributed by atoms with E-state index >= 15 is 0 Å². The Morgan fingerprint density at radius 3 is 0.852 bits per heavy atom. The van der Waals surface area contributed by atoms with Crippen LogP contribution >= 0.6 is 0 Å². The van der Waals surface area contributed by atoms with Crippen molar-refractivity contribution in [2.75, 3.05) is 0 Å². The molecule has 13 nitrogen and oxygen atoms in total. The molecule has 21 rings (SSSR count). The van der Waals surface area contributed by atoms with Gasteiger partial charge in [-0.25, -0.2) is 39.9 Å². The summed E-state index contributed by atoms with van der Waals surface area (Å²) < 4.78 is 162. The molecule has 1 aliphatic heterocycles. The number of nitrogens with zero attached hydrogens (tertiary/aromatic N) is 8. The molecule has 0 amide bonds. The Morgan fingerprint density at radius 1 is 0.246 bits per heavy atom. The Balaban J connectivity index is 0.000000140. The zero-order valence-electron chi connectivity index (χ0n) is 76.6. The van der Waals surface area contributed by atoms with E-state index in [-0.39, 0.29) is 29.1 Å². The van der Waals surface area contributed by atoms with Gasteiger partial charge in [0.2, 0.25) is 0 Å². The van der Waals surface area contributed by atoms with Gasteiger partial charge < -0.3 is 13.5 Å². The third-order valence-corrected chi connectivity index (χ3v) is 26.2. The summed E-state index contributed by atoms with van der Waals surface area (Å²) in [6.07, 6.45) is -7.21. The van der Waals surface area contributed by atoms with Crippen molar-refractivity contribution in [2.45, 2.75) is 62.2 Å². The summed E-state index contributed by atoms with van der Waals surface area (Å²) >= 11 is 0. The highest BCUT2D eigenvalue weighted by Gasteiger charge is 2.86. The third kappa shape index (κ3) is 19.8. The molecule has 0 atom stereocenters. The van der Waals surface area contributed by atoms with Crippen LogP contribution in [-0.4, -0.2) is 89.9 Å². The van der Waals surface area contributed by atoms with E-state index in [4.69, 9.17) is 34.2 Å². The van der Waals surface area contributed by atoms with Gasteiger partial charge in [0.25, 0.3) is 0 Å². The SMILES string of the molecule is CC1(C)OB(c2ccc(-c3cc(-c4ccccc4)cc(-c4ccccc4)n3)cc2)OC1(C)C.O=S(=O)(Oc1cccc2ccc(-c3ccc(-c4nc(-c5ccccc5)nc(-c5ccccc5)n4)cc3)cc12)C(F)(F)C(F)(F)C(F)(F)C(F)(F)F.c1ccc(-c2cc(-c3ccccc3)nc(-c3ccc(-c4cccc5ccc(-c6ccc(-c7nc(-c8ccccc8)nc(-c8ccccc8)n7)cc6)cc45)cc3)c2)cc1. The smallest absolute Gasteiger partial charge is 0.399 e. The summed E-state index contributed by atoms with van der Waals surface area (Å²) in [6, 6.07) is 142. The fourth-order valence-electron chi connectivity index (χ4n) is 16.5. The number of halogens is 9. The molecular weight excluding hydrogens is 1820 g/mol. The fraction of sp³-hybridized carbons (Fsp3) is 0.0847. The van der Waals surface area contributed by atoms with E-state index in [1.807, 2.05) is 152 Å². The molecule has 0 saturated carbocycles. The highest BCUT2D eigenvalue weighted by Crippen LogP contribution is 2.56. The number of pyridine rings is 2. The van der Waals surface area contributed by atoms with Crippen molar-refractivity contribution in [2.24, 2.45) is 0 Å². The average Bonchev–Trinajstić information content (AvgIpc) is 0.944. The molecule has 1 aliphatic rings. The largest absolute Gasteiger partial charge is 0.494 e. The van der Waals surface area contributed by atoms with E-state index in [1.54, 1.807) is 30.3 Å². The van der Waals surface area contributed by atoms with E-state index in [0.717, 1.165) is 118 Å². The van der Waals surface area contributed by atoms with Gasteiger partial charge in [-0.1, -0.05) is 394 Å². The van der Waals surface area contributed by atoms with Crippen LogP contribution in [0.5, 0.6) is 5.75 Å². The lowest BCUT2D eigenvalue weighted by atomic mass is 9.78. The van der Waals surface area contributed by atoms with Crippen LogP contribution < -0.4 is 9.65 Å². The van der Waals surface area contributed by atoms with Crippen LogP contribution in [0.25, 0.3) is 191 Å². The third-order valence-electron chi connectivity index (χ3n) is 24.9. The lowest BCUT2D eigenvalue weighted by molar-refractivity contribution is -0.382. The molecule has 5 heterocycles. The first-order valence-corrected chi connectivity index (χ1v) is 46.9. The van der Waals surface area contributed by atoms with Gasteiger partial charge in [0.1, 0.15) is 0 Å². The second-order valence-corrected chi connectivity index (χ2v) is 36.5. The van der Waals surface area contributed by atoms with Crippen LogP contribution in [0.4, 0.5) is 39.5 Å². The number of rotatable bonds is 21. The van der Waals surface area contributed by atoms with Gasteiger partial charge >= 0.3 is 40.5 Å². The maximum absolute atomic E-state index is 14.4. The predicted molar refractivity (Wildman–Crippen MR) is 544 cm³/mol. The van der Waals surface area contributed by atoms with Crippen LogP contribution in [0.3, 0.4) is 0 Å². The van der Waals surface area contributed by atoms with Crippen molar-refractivity contribution in [3.63, 3.8) is 0 Å². The summed E-state index contributed by atoms with van der Waals surface area (Å²) in [5, 5.41) is -4.75. The van der Waals surface area contributed by atoms with Gasteiger partial charge in [-0.2, -0.15) is 47.9 Å². The number of benzene rings is 16.